The van der Waals surface area contributed by atoms with Crippen LogP contribution in [0, 0.1) is 0 Å². The summed E-state index contributed by atoms with van der Waals surface area (Å²) in [5.41, 5.74) is 0.200. The van der Waals surface area contributed by atoms with Gasteiger partial charge in [0.15, 0.2) is 0 Å². The Kier molecular flexibility index (Phi) is 3.49. The first-order chi connectivity index (χ1) is 6.80. The fourth-order valence-electron chi connectivity index (χ4n) is 0.934. The summed E-state index contributed by atoms with van der Waals surface area (Å²) in [6.07, 6.45) is -5.42. The molecule has 0 spiro atoms. The molecule has 0 aliphatic carbocycles. The van der Waals surface area contributed by atoms with E-state index in [1.165, 1.54) is 16.7 Å². The van der Waals surface area contributed by atoms with Gasteiger partial charge in [-0.15, -0.1) is 11.3 Å². The molecule has 0 saturated heterocycles. The molecule has 0 bridgehead atoms. The van der Waals surface area contributed by atoms with Gasteiger partial charge in [-0.2, -0.15) is 13.2 Å². The standard InChI is InChI=1S/C9H10F3NOS/c1-5(2)8-13-6(4-15-8)3-7(14)9(10,11)12/h4-5H,3H2,1-2H3. The van der Waals surface area contributed by atoms with Gasteiger partial charge in [-0.25, -0.2) is 4.98 Å². The van der Waals surface area contributed by atoms with Gasteiger partial charge in [0.05, 0.1) is 17.1 Å². The molecule has 1 heterocycles. The first-order valence-electron chi connectivity index (χ1n) is 4.35. The minimum absolute atomic E-state index is 0.171. The van der Waals surface area contributed by atoms with Crippen molar-refractivity contribution in [3.63, 3.8) is 0 Å². The molecule has 1 rings (SSSR count). The third-order valence-electron chi connectivity index (χ3n) is 1.72. The highest BCUT2D eigenvalue weighted by Gasteiger charge is 2.38. The van der Waals surface area contributed by atoms with E-state index in [4.69, 9.17) is 0 Å². The van der Waals surface area contributed by atoms with E-state index in [2.05, 4.69) is 4.98 Å². The molecule has 1 aromatic heterocycles. The normalized spacial score (nSPS) is 12.1. The Morgan fingerprint density at radius 2 is 2.13 bits per heavy atom. The van der Waals surface area contributed by atoms with E-state index >= 15 is 0 Å². The second-order valence-electron chi connectivity index (χ2n) is 3.43. The topological polar surface area (TPSA) is 30.0 Å². The third kappa shape index (κ3) is 3.30. The van der Waals surface area contributed by atoms with Gasteiger partial charge in [-0.1, -0.05) is 13.8 Å². The van der Waals surface area contributed by atoms with Crippen LogP contribution in [0.15, 0.2) is 5.38 Å². The smallest absolute Gasteiger partial charge is 0.289 e. The molecule has 6 heteroatoms. The summed E-state index contributed by atoms with van der Waals surface area (Å²) in [5.74, 6) is -1.58. The molecule has 0 radical (unpaired) electrons. The molecule has 15 heavy (non-hydrogen) atoms. The van der Waals surface area contributed by atoms with Crippen molar-refractivity contribution < 1.29 is 18.0 Å². The van der Waals surface area contributed by atoms with Crippen molar-refractivity contribution in [1.82, 2.24) is 4.98 Å². The maximum Gasteiger partial charge on any atom is 0.450 e. The number of thiazole rings is 1. The molecule has 0 saturated carbocycles. The van der Waals surface area contributed by atoms with Crippen molar-refractivity contribution in [2.24, 2.45) is 0 Å². The molecule has 0 N–H and O–H groups in total. The highest BCUT2D eigenvalue weighted by atomic mass is 32.1. The second kappa shape index (κ2) is 4.30. The minimum Gasteiger partial charge on any atom is -0.289 e. The van der Waals surface area contributed by atoms with Crippen molar-refractivity contribution in [2.75, 3.05) is 0 Å². The average molecular weight is 237 g/mol. The van der Waals surface area contributed by atoms with E-state index in [-0.39, 0.29) is 11.6 Å². The summed E-state index contributed by atoms with van der Waals surface area (Å²) in [6.45, 7) is 3.79. The van der Waals surface area contributed by atoms with Crippen molar-refractivity contribution in [3.05, 3.63) is 16.1 Å². The van der Waals surface area contributed by atoms with E-state index < -0.39 is 18.4 Å². The molecule has 0 aliphatic rings. The maximum absolute atomic E-state index is 11.9. The summed E-state index contributed by atoms with van der Waals surface area (Å²) < 4.78 is 35.8. The number of alkyl halides is 3. The van der Waals surface area contributed by atoms with Crippen LogP contribution in [0.3, 0.4) is 0 Å². The van der Waals surface area contributed by atoms with Crippen molar-refractivity contribution in [3.8, 4) is 0 Å². The van der Waals surface area contributed by atoms with Crippen LogP contribution in [0.5, 0.6) is 0 Å². The Bertz CT molecular complexity index is 356. The van der Waals surface area contributed by atoms with Crippen LogP contribution in [-0.2, 0) is 11.2 Å². The number of hydrogen-bond acceptors (Lipinski definition) is 3. The van der Waals surface area contributed by atoms with E-state index in [9.17, 15) is 18.0 Å². The summed E-state index contributed by atoms with van der Waals surface area (Å²) in [5, 5.41) is 2.25. The Morgan fingerprint density at radius 3 is 2.53 bits per heavy atom. The molecule has 0 unspecified atom stereocenters. The molecule has 0 aromatic carbocycles. The average Bonchev–Trinajstić information content (AvgIpc) is 2.50. The molecule has 0 atom stereocenters. The lowest BCUT2D eigenvalue weighted by molar-refractivity contribution is -0.170. The molecule has 0 aliphatic heterocycles. The van der Waals surface area contributed by atoms with Gasteiger partial charge in [-0.3, -0.25) is 4.79 Å². The van der Waals surface area contributed by atoms with Crippen LogP contribution in [0.4, 0.5) is 13.2 Å². The summed E-state index contributed by atoms with van der Waals surface area (Å²) in [6, 6.07) is 0. The van der Waals surface area contributed by atoms with Gasteiger partial charge in [0.25, 0.3) is 0 Å². The minimum atomic E-state index is -4.76. The van der Waals surface area contributed by atoms with E-state index in [0.717, 1.165) is 5.01 Å². The van der Waals surface area contributed by atoms with Crippen molar-refractivity contribution >= 4 is 17.1 Å². The summed E-state index contributed by atoms with van der Waals surface area (Å²) in [4.78, 5) is 14.6. The number of aromatic nitrogens is 1. The van der Waals surface area contributed by atoms with Gasteiger partial charge in [0.2, 0.25) is 5.78 Å². The fourth-order valence-corrected chi connectivity index (χ4v) is 1.77. The SMILES string of the molecule is CC(C)c1nc(CC(=O)C(F)(F)F)cs1. The fraction of sp³-hybridized carbons (Fsp3) is 0.556. The van der Waals surface area contributed by atoms with Gasteiger partial charge in [-0.05, 0) is 0 Å². The summed E-state index contributed by atoms with van der Waals surface area (Å²) in [7, 11) is 0. The van der Waals surface area contributed by atoms with Crippen LogP contribution in [0.25, 0.3) is 0 Å². The highest BCUT2D eigenvalue weighted by molar-refractivity contribution is 7.09. The predicted octanol–water partition coefficient (Wildman–Crippen LogP) is 2.94. The number of hydrogen-bond donors (Lipinski definition) is 0. The molecule has 2 nitrogen and oxygen atoms in total. The van der Waals surface area contributed by atoms with E-state index in [1.54, 1.807) is 0 Å². The van der Waals surface area contributed by atoms with E-state index in [0.29, 0.717) is 0 Å². The summed E-state index contributed by atoms with van der Waals surface area (Å²) >= 11 is 1.28. The second-order valence-corrected chi connectivity index (χ2v) is 4.32. The number of carbonyl (C=O) groups excluding carboxylic acids is 1. The zero-order chi connectivity index (χ0) is 11.6. The lowest BCUT2D eigenvalue weighted by atomic mass is 10.2. The first-order valence-corrected chi connectivity index (χ1v) is 5.23. The monoisotopic (exact) mass is 237 g/mol. The number of nitrogens with zero attached hydrogens (tertiary/aromatic N) is 1. The zero-order valence-corrected chi connectivity index (χ0v) is 9.08. The molecule has 84 valence electrons. The van der Waals surface area contributed by atoms with Gasteiger partial charge < -0.3 is 0 Å². The number of rotatable bonds is 3. The Hall–Kier alpha value is -0.910. The maximum atomic E-state index is 11.9. The largest absolute Gasteiger partial charge is 0.450 e. The molecular formula is C9H10F3NOS. The lowest BCUT2D eigenvalue weighted by Gasteiger charge is -2.02. The van der Waals surface area contributed by atoms with Crippen LogP contribution in [0.1, 0.15) is 30.5 Å². The van der Waals surface area contributed by atoms with Gasteiger partial charge >= 0.3 is 6.18 Å². The van der Waals surface area contributed by atoms with Gasteiger partial charge in [0.1, 0.15) is 0 Å². The quantitative estimate of drug-likeness (QED) is 0.809. The zero-order valence-electron chi connectivity index (χ0n) is 8.26. The highest BCUT2D eigenvalue weighted by Crippen LogP contribution is 2.22. The Morgan fingerprint density at radius 1 is 1.53 bits per heavy atom. The predicted molar refractivity (Wildman–Crippen MR) is 51.0 cm³/mol. The van der Waals surface area contributed by atoms with Crippen molar-refractivity contribution in [2.45, 2.75) is 32.4 Å². The first kappa shape index (κ1) is 12.2. The molecule has 0 fully saturated rings. The third-order valence-corrected chi connectivity index (χ3v) is 2.92. The number of ketones is 1. The number of Topliss-reactive ketones (excluding diaryl/α,β-unsaturated/α-hetero) is 1. The van der Waals surface area contributed by atoms with Crippen LogP contribution in [-0.4, -0.2) is 16.9 Å². The Labute approximate surface area is 89.1 Å². The van der Waals surface area contributed by atoms with Crippen LogP contribution in [0.2, 0.25) is 0 Å². The lowest BCUT2D eigenvalue weighted by Crippen LogP contribution is -2.24. The molecule has 1 aromatic rings. The van der Waals surface area contributed by atoms with Crippen LogP contribution < -0.4 is 0 Å². The van der Waals surface area contributed by atoms with E-state index in [1.807, 2.05) is 13.8 Å². The van der Waals surface area contributed by atoms with Crippen LogP contribution >= 0.6 is 11.3 Å². The van der Waals surface area contributed by atoms with Gasteiger partial charge in [0, 0.05) is 11.3 Å². The number of carbonyl (C=O) groups is 1. The Balaban J connectivity index is 2.70. The van der Waals surface area contributed by atoms with Crippen molar-refractivity contribution in [1.29, 1.82) is 0 Å². The molecular weight excluding hydrogens is 227 g/mol. The molecule has 0 amide bonds. The number of halogens is 3.